The van der Waals surface area contributed by atoms with E-state index >= 15 is 0 Å². The van der Waals surface area contributed by atoms with Crippen molar-refractivity contribution < 1.29 is 0 Å². The summed E-state index contributed by atoms with van der Waals surface area (Å²) in [7, 11) is 0. The lowest BCUT2D eigenvalue weighted by Gasteiger charge is -2.20. The van der Waals surface area contributed by atoms with E-state index in [-0.39, 0.29) is 5.41 Å². The summed E-state index contributed by atoms with van der Waals surface area (Å²) in [4.78, 5) is 6.30. The second kappa shape index (κ2) is 5.67. The van der Waals surface area contributed by atoms with E-state index in [0.29, 0.717) is 0 Å². The summed E-state index contributed by atoms with van der Waals surface area (Å²) < 4.78 is 1.45. The Kier molecular flexibility index (Phi) is 3.36. The summed E-state index contributed by atoms with van der Waals surface area (Å²) in [5.74, 6) is 0. The van der Waals surface area contributed by atoms with Crippen molar-refractivity contribution in [2.24, 2.45) is 5.41 Å². The van der Waals surface area contributed by atoms with Gasteiger partial charge in [0.1, 0.15) is 0 Å². The molecule has 0 spiro atoms. The number of hydrogen-bond donors (Lipinski definition) is 0. The molecule has 0 amide bonds. The fourth-order valence-corrected chi connectivity index (χ4v) is 6.19. The number of pyridine rings is 1. The molecule has 0 bridgehead atoms. The molecule has 0 aliphatic heterocycles. The molecule has 0 fully saturated rings. The van der Waals surface area contributed by atoms with E-state index in [0.717, 1.165) is 11.9 Å². The van der Waals surface area contributed by atoms with Crippen LogP contribution in [0.3, 0.4) is 0 Å². The Morgan fingerprint density at radius 1 is 0.828 bits per heavy atom. The molecule has 1 nitrogen and oxygen atoms in total. The number of hydrogen-bond acceptors (Lipinski definition) is 2. The van der Waals surface area contributed by atoms with Crippen LogP contribution in [-0.4, -0.2) is 4.98 Å². The van der Waals surface area contributed by atoms with Crippen LogP contribution < -0.4 is 0 Å². The molecule has 6 rings (SSSR count). The molecule has 2 heteroatoms. The molecule has 0 radical (unpaired) electrons. The number of thiophene rings is 1. The molecule has 2 aromatic heterocycles. The summed E-state index contributed by atoms with van der Waals surface area (Å²) in [5, 5.41) is 10.7. The van der Waals surface area contributed by atoms with Crippen molar-refractivity contribution in [1.29, 1.82) is 0 Å². The lowest BCUT2D eigenvalue weighted by Crippen LogP contribution is -2.09. The zero-order chi connectivity index (χ0) is 19.9. The molecule has 6 aromatic rings. The second-order valence-corrected chi connectivity index (χ2v) is 10.7. The highest BCUT2D eigenvalue weighted by molar-refractivity contribution is 7.20. The average Bonchev–Trinajstić information content (AvgIpc) is 3.03. The molecule has 142 valence electrons. The van der Waals surface area contributed by atoms with Gasteiger partial charge in [-0.3, -0.25) is 4.98 Å². The topological polar surface area (TPSA) is 12.9 Å². The maximum absolute atomic E-state index is 4.89. The summed E-state index contributed by atoms with van der Waals surface area (Å²) in [6.45, 7) is 9.27. The van der Waals surface area contributed by atoms with Crippen molar-refractivity contribution in [2.45, 2.75) is 34.1 Å². The number of aryl methyl sites for hydroxylation is 1. The Morgan fingerprint density at radius 2 is 1.55 bits per heavy atom. The van der Waals surface area contributed by atoms with Crippen molar-refractivity contribution in [3.63, 3.8) is 0 Å². The van der Waals surface area contributed by atoms with Gasteiger partial charge in [-0.05, 0) is 70.1 Å². The Balaban J connectivity index is 1.90. The monoisotopic (exact) mass is 393 g/mol. The molecule has 0 saturated carbocycles. The first-order valence-corrected chi connectivity index (χ1v) is 11.1. The molecule has 0 N–H and O–H groups in total. The fraction of sp³-hybridized carbons (Fsp3) is 0.222. The van der Waals surface area contributed by atoms with Gasteiger partial charge < -0.3 is 0 Å². The van der Waals surface area contributed by atoms with Crippen LogP contribution in [-0.2, 0) is 6.42 Å². The van der Waals surface area contributed by atoms with Gasteiger partial charge in [-0.25, -0.2) is 0 Å². The number of nitrogens with zero attached hydrogens (tertiary/aromatic N) is 1. The molecule has 0 saturated heterocycles. The molecule has 0 aliphatic carbocycles. The molecular formula is C27H23NS. The van der Waals surface area contributed by atoms with E-state index in [4.69, 9.17) is 4.98 Å². The highest BCUT2D eigenvalue weighted by atomic mass is 32.1. The van der Waals surface area contributed by atoms with Gasteiger partial charge in [-0.2, -0.15) is 0 Å². The largest absolute Gasteiger partial charge is 0.256 e. The van der Waals surface area contributed by atoms with Crippen molar-refractivity contribution >= 4 is 64.6 Å². The lowest BCUT2D eigenvalue weighted by molar-refractivity contribution is 0.413. The Bertz CT molecular complexity index is 1560. The van der Waals surface area contributed by atoms with E-state index < -0.39 is 0 Å². The van der Waals surface area contributed by atoms with Gasteiger partial charge in [0.05, 0.1) is 5.52 Å². The van der Waals surface area contributed by atoms with Crippen LogP contribution >= 0.6 is 11.3 Å². The van der Waals surface area contributed by atoms with Crippen LogP contribution in [0.25, 0.3) is 53.3 Å². The predicted octanol–water partition coefficient (Wildman–Crippen LogP) is 8.24. The molecule has 0 aliphatic rings. The highest BCUT2D eigenvalue weighted by Gasteiger charge is 2.22. The first kappa shape index (κ1) is 17.2. The molecular weight excluding hydrogens is 370 g/mol. The van der Waals surface area contributed by atoms with Gasteiger partial charge in [-0.1, -0.05) is 45.0 Å². The molecule has 0 unspecified atom stereocenters. The zero-order valence-electron chi connectivity index (χ0n) is 17.3. The van der Waals surface area contributed by atoms with Crippen LogP contribution in [0.15, 0.2) is 54.7 Å². The third-order valence-electron chi connectivity index (χ3n) is 6.07. The maximum atomic E-state index is 4.89. The third-order valence-corrected chi connectivity index (χ3v) is 7.25. The van der Waals surface area contributed by atoms with Crippen LogP contribution in [0.5, 0.6) is 0 Å². The Morgan fingerprint density at radius 3 is 2.28 bits per heavy atom. The number of benzene rings is 4. The number of rotatable bonds is 1. The van der Waals surface area contributed by atoms with Crippen molar-refractivity contribution in [1.82, 2.24) is 4.98 Å². The minimum absolute atomic E-state index is 0.257. The predicted molar refractivity (Wildman–Crippen MR) is 129 cm³/mol. The van der Waals surface area contributed by atoms with E-state index in [2.05, 4.69) is 76.2 Å². The van der Waals surface area contributed by atoms with Crippen LogP contribution in [0.1, 0.15) is 31.2 Å². The zero-order valence-corrected chi connectivity index (χ0v) is 18.1. The van der Waals surface area contributed by atoms with Gasteiger partial charge in [0.15, 0.2) is 0 Å². The number of fused-ring (bicyclic) bond motifs is 4. The first-order chi connectivity index (χ1) is 13.9. The summed E-state index contributed by atoms with van der Waals surface area (Å²) >= 11 is 1.96. The van der Waals surface area contributed by atoms with Gasteiger partial charge in [0, 0.05) is 37.3 Å². The van der Waals surface area contributed by atoms with Crippen LogP contribution in [0.4, 0.5) is 0 Å². The van der Waals surface area contributed by atoms with Crippen molar-refractivity contribution in [3.8, 4) is 0 Å². The van der Waals surface area contributed by atoms with E-state index in [9.17, 15) is 0 Å². The van der Waals surface area contributed by atoms with Crippen molar-refractivity contribution in [2.75, 3.05) is 0 Å². The molecule has 4 aromatic carbocycles. The van der Waals surface area contributed by atoms with Gasteiger partial charge in [0.25, 0.3) is 0 Å². The van der Waals surface area contributed by atoms with Gasteiger partial charge in [0.2, 0.25) is 0 Å². The Hall–Kier alpha value is -2.71. The first-order valence-electron chi connectivity index (χ1n) is 10.3. The Labute approximate surface area is 174 Å². The minimum Gasteiger partial charge on any atom is -0.256 e. The maximum Gasteiger partial charge on any atom is 0.0793 e. The van der Waals surface area contributed by atoms with E-state index in [1.807, 2.05) is 17.5 Å². The highest BCUT2D eigenvalue weighted by Crippen LogP contribution is 2.47. The summed E-state index contributed by atoms with van der Waals surface area (Å²) in [6, 6.07) is 18.0. The standard InChI is InChI=1S/C27H23NS/c1-15-22-20-12-16-7-5-6-8-17(16)13-21(20)25-23-18(9-10-28-25)11-19(14-27(2,3)4)26(29-15)24(22)23/h5-13H,14H2,1-4H3. The smallest absolute Gasteiger partial charge is 0.0793 e. The van der Waals surface area contributed by atoms with E-state index in [1.54, 1.807) is 0 Å². The molecule has 2 heterocycles. The average molecular weight is 394 g/mol. The van der Waals surface area contributed by atoms with Crippen molar-refractivity contribution in [3.05, 3.63) is 65.2 Å². The number of aromatic nitrogens is 1. The van der Waals surface area contributed by atoms with Gasteiger partial charge >= 0.3 is 0 Å². The van der Waals surface area contributed by atoms with Gasteiger partial charge in [-0.15, -0.1) is 11.3 Å². The normalized spacial score (nSPS) is 13.0. The second-order valence-electron chi connectivity index (χ2n) is 9.51. The third kappa shape index (κ3) is 2.42. The molecule has 29 heavy (non-hydrogen) atoms. The lowest BCUT2D eigenvalue weighted by atomic mass is 9.85. The quantitative estimate of drug-likeness (QED) is 0.202. The summed E-state index contributed by atoms with van der Waals surface area (Å²) in [5.41, 5.74) is 2.87. The minimum atomic E-state index is 0.257. The van der Waals surface area contributed by atoms with E-state index in [1.165, 1.54) is 58.2 Å². The fourth-order valence-electron chi connectivity index (χ4n) is 5.00. The van der Waals surface area contributed by atoms with Crippen LogP contribution in [0.2, 0.25) is 0 Å². The SMILES string of the molecule is Cc1sc2c(CC(C)(C)C)cc3ccnc4c5cc6ccccc6cc5c1c2c34. The molecule has 0 atom stereocenters. The summed E-state index contributed by atoms with van der Waals surface area (Å²) in [6.07, 6.45) is 3.06. The van der Waals surface area contributed by atoms with Crippen LogP contribution in [0, 0.1) is 12.3 Å².